The number of carboxylic acid groups (broad SMARTS) is 1. The second-order valence-electron chi connectivity index (χ2n) is 7.57. The number of hydrogen-bond acceptors (Lipinski definition) is 3. The fourth-order valence-corrected chi connectivity index (χ4v) is 5.46. The highest BCUT2D eigenvalue weighted by Gasteiger charge is 2.35. The number of carbonyl (C=O) groups is 1. The number of halogens is 1. The molecule has 3 N–H and O–H groups in total. The molecule has 2 aromatic carbocycles. The summed E-state index contributed by atoms with van der Waals surface area (Å²) in [5.74, 6) is 1.07. The van der Waals surface area contributed by atoms with Gasteiger partial charge in [0.2, 0.25) is 0 Å². The van der Waals surface area contributed by atoms with Gasteiger partial charge in [0.25, 0.3) is 0 Å². The molecule has 0 radical (unpaired) electrons. The summed E-state index contributed by atoms with van der Waals surface area (Å²) in [6, 6.07) is 16.4. The molecule has 0 bridgehead atoms. The lowest BCUT2D eigenvalue weighted by molar-refractivity contribution is -0.136. The standard InChI is InChI=1S/C16H22BrN2O2P.C6H6/c17-11-4-13-12-3-9(6-18-8-15(20)21)1-2-10(12)7-19-16(13)14(22)5-11;1-2-4-6-5-3-1/h4-5,9-10,12,18-19H,1-3,6-8,22H2,(H,20,21);1-6H. The molecular formula is C22H28BrN2O2P. The van der Waals surface area contributed by atoms with Crippen LogP contribution in [-0.4, -0.2) is 30.7 Å². The molecule has 2 aromatic rings. The Morgan fingerprint density at radius 3 is 2.50 bits per heavy atom. The minimum Gasteiger partial charge on any atom is -0.480 e. The van der Waals surface area contributed by atoms with E-state index in [0.717, 1.165) is 24.0 Å². The van der Waals surface area contributed by atoms with Gasteiger partial charge in [-0.1, -0.05) is 52.3 Å². The van der Waals surface area contributed by atoms with Crippen molar-refractivity contribution >= 4 is 42.1 Å². The van der Waals surface area contributed by atoms with E-state index < -0.39 is 5.97 Å². The lowest BCUT2D eigenvalue weighted by Gasteiger charge is -2.41. The Bertz CT molecular complexity index is 761. The predicted molar refractivity (Wildman–Crippen MR) is 122 cm³/mol. The van der Waals surface area contributed by atoms with Crippen molar-refractivity contribution in [3.05, 3.63) is 58.6 Å². The van der Waals surface area contributed by atoms with E-state index in [4.69, 9.17) is 5.11 Å². The molecule has 1 saturated carbocycles. The van der Waals surface area contributed by atoms with Crippen molar-refractivity contribution in [3.8, 4) is 0 Å². The van der Waals surface area contributed by atoms with Crippen LogP contribution in [0.4, 0.5) is 5.69 Å². The summed E-state index contributed by atoms with van der Waals surface area (Å²) in [7, 11) is 2.82. The highest BCUT2D eigenvalue weighted by atomic mass is 79.9. The van der Waals surface area contributed by atoms with Crippen LogP contribution in [0.25, 0.3) is 0 Å². The average Bonchev–Trinajstić information content (AvgIpc) is 2.69. The highest BCUT2D eigenvalue weighted by Crippen LogP contribution is 2.46. The quantitative estimate of drug-likeness (QED) is 0.594. The molecule has 150 valence electrons. The number of hydrogen-bond donors (Lipinski definition) is 3. The molecule has 0 saturated heterocycles. The second kappa shape index (κ2) is 10.4. The zero-order valence-electron chi connectivity index (χ0n) is 15.9. The molecule has 0 spiro atoms. The van der Waals surface area contributed by atoms with Crippen molar-refractivity contribution in [2.45, 2.75) is 25.2 Å². The van der Waals surface area contributed by atoms with Crippen LogP contribution in [0.1, 0.15) is 30.7 Å². The van der Waals surface area contributed by atoms with E-state index in [9.17, 15) is 4.79 Å². The number of benzene rings is 2. The molecule has 0 amide bonds. The summed E-state index contributed by atoms with van der Waals surface area (Å²) in [6.07, 6.45) is 3.55. The molecule has 28 heavy (non-hydrogen) atoms. The third kappa shape index (κ3) is 5.79. The minimum absolute atomic E-state index is 0.0596. The molecule has 4 unspecified atom stereocenters. The van der Waals surface area contributed by atoms with Crippen molar-refractivity contribution in [1.29, 1.82) is 0 Å². The molecule has 1 aliphatic carbocycles. The fourth-order valence-electron chi connectivity index (χ4n) is 4.28. The van der Waals surface area contributed by atoms with Crippen molar-refractivity contribution in [2.24, 2.45) is 11.8 Å². The van der Waals surface area contributed by atoms with Crippen LogP contribution in [0, 0.1) is 11.8 Å². The molecule has 1 aliphatic heterocycles. The number of aliphatic carboxylic acids is 1. The van der Waals surface area contributed by atoms with Crippen LogP contribution in [0.3, 0.4) is 0 Å². The van der Waals surface area contributed by atoms with Crippen LogP contribution in [-0.2, 0) is 4.79 Å². The van der Waals surface area contributed by atoms with Gasteiger partial charge in [-0.2, -0.15) is 0 Å². The van der Waals surface area contributed by atoms with E-state index in [2.05, 4.69) is 47.9 Å². The monoisotopic (exact) mass is 462 g/mol. The highest BCUT2D eigenvalue weighted by molar-refractivity contribution is 9.10. The smallest absolute Gasteiger partial charge is 0.317 e. The Morgan fingerprint density at radius 2 is 1.86 bits per heavy atom. The molecule has 4 nitrogen and oxygen atoms in total. The first-order chi connectivity index (χ1) is 13.5. The van der Waals surface area contributed by atoms with E-state index >= 15 is 0 Å². The average molecular weight is 463 g/mol. The third-order valence-corrected chi connectivity index (χ3v) is 6.50. The van der Waals surface area contributed by atoms with Crippen LogP contribution >= 0.6 is 25.2 Å². The summed E-state index contributed by atoms with van der Waals surface area (Å²) in [4.78, 5) is 10.6. The lowest BCUT2D eigenvalue weighted by Crippen LogP contribution is -2.37. The van der Waals surface area contributed by atoms with Gasteiger partial charge in [-0.05, 0) is 66.6 Å². The van der Waals surface area contributed by atoms with Crippen molar-refractivity contribution in [2.75, 3.05) is 25.0 Å². The summed E-state index contributed by atoms with van der Waals surface area (Å²) in [5.41, 5.74) is 2.69. The molecule has 6 heteroatoms. The topological polar surface area (TPSA) is 61.4 Å². The minimum atomic E-state index is -0.780. The van der Waals surface area contributed by atoms with E-state index in [1.54, 1.807) is 0 Å². The predicted octanol–water partition coefficient (Wildman–Crippen LogP) is 4.24. The van der Waals surface area contributed by atoms with E-state index in [0.29, 0.717) is 17.8 Å². The van der Waals surface area contributed by atoms with Gasteiger partial charge in [-0.3, -0.25) is 4.79 Å². The van der Waals surface area contributed by atoms with Gasteiger partial charge in [0.15, 0.2) is 0 Å². The molecule has 1 fully saturated rings. The van der Waals surface area contributed by atoms with Crippen LogP contribution in [0.5, 0.6) is 0 Å². The fraction of sp³-hybridized carbons (Fsp3) is 0.409. The van der Waals surface area contributed by atoms with Gasteiger partial charge in [0.05, 0.1) is 6.54 Å². The number of fused-ring (bicyclic) bond motifs is 3. The molecule has 4 atom stereocenters. The van der Waals surface area contributed by atoms with Gasteiger partial charge in [-0.15, -0.1) is 9.24 Å². The normalized spacial score (nSPS) is 22.7. The first-order valence-electron chi connectivity index (χ1n) is 9.80. The number of nitrogens with one attached hydrogen (secondary N) is 2. The van der Waals surface area contributed by atoms with Gasteiger partial charge in [0.1, 0.15) is 0 Å². The first kappa shape index (κ1) is 21.3. The number of rotatable bonds is 4. The SMILES string of the molecule is O=C(O)CNCC1CCC2CNc3c(P)cc(Br)cc3C2C1.c1ccccc1. The van der Waals surface area contributed by atoms with E-state index in [1.165, 1.54) is 29.4 Å². The Balaban J connectivity index is 0.000000320. The third-order valence-electron chi connectivity index (χ3n) is 5.58. The zero-order chi connectivity index (χ0) is 19.9. The Kier molecular flexibility index (Phi) is 7.90. The Morgan fingerprint density at radius 1 is 1.18 bits per heavy atom. The summed E-state index contributed by atoms with van der Waals surface area (Å²) in [5, 5.41) is 16.6. The van der Waals surface area contributed by atoms with Crippen molar-refractivity contribution in [3.63, 3.8) is 0 Å². The van der Waals surface area contributed by atoms with Gasteiger partial charge < -0.3 is 15.7 Å². The summed E-state index contributed by atoms with van der Waals surface area (Å²) >= 11 is 3.61. The largest absolute Gasteiger partial charge is 0.480 e. The molecule has 1 heterocycles. The van der Waals surface area contributed by atoms with Gasteiger partial charge >= 0.3 is 5.97 Å². The van der Waals surface area contributed by atoms with Crippen LogP contribution < -0.4 is 15.9 Å². The maximum absolute atomic E-state index is 10.6. The first-order valence-corrected chi connectivity index (χ1v) is 11.2. The lowest BCUT2D eigenvalue weighted by atomic mass is 9.69. The molecule has 4 rings (SSSR count). The Hall–Kier alpha value is -1.42. The van der Waals surface area contributed by atoms with Gasteiger partial charge in [0, 0.05) is 16.7 Å². The number of carboxylic acids is 1. The van der Waals surface area contributed by atoms with E-state index in [-0.39, 0.29) is 6.54 Å². The maximum atomic E-state index is 10.6. The summed E-state index contributed by atoms with van der Waals surface area (Å²) < 4.78 is 1.13. The molecule has 2 aliphatic rings. The van der Waals surface area contributed by atoms with Crippen LogP contribution in [0.15, 0.2) is 53.0 Å². The van der Waals surface area contributed by atoms with E-state index in [1.807, 2.05) is 36.4 Å². The molecule has 0 aromatic heterocycles. The summed E-state index contributed by atoms with van der Waals surface area (Å²) in [6.45, 7) is 1.92. The van der Waals surface area contributed by atoms with Crippen LogP contribution in [0.2, 0.25) is 0 Å². The van der Waals surface area contributed by atoms with Gasteiger partial charge in [-0.25, -0.2) is 0 Å². The zero-order valence-corrected chi connectivity index (χ0v) is 18.6. The molecular weight excluding hydrogens is 435 g/mol. The second-order valence-corrected chi connectivity index (χ2v) is 9.10. The van der Waals surface area contributed by atoms with Crippen molar-refractivity contribution in [1.82, 2.24) is 5.32 Å². The number of anilines is 1. The maximum Gasteiger partial charge on any atom is 0.317 e. The van der Waals surface area contributed by atoms with Crippen molar-refractivity contribution < 1.29 is 9.90 Å². The Labute approximate surface area is 177 Å².